The standard InChI is InChI=1S/C10H21NO3/c1-4-5-8(2)6-14-9(12)10(3,13)7-11/h8,13H,4-7,11H2,1-3H3. The Kier molecular flexibility index (Phi) is 5.72. The average Bonchev–Trinajstić information content (AvgIpc) is 2.14. The molecule has 2 unspecified atom stereocenters. The van der Waals surface area contributed by atoms with Crippen LogP contribution < -0.4 is 5.73 Å². The molecule has 0 amide bonds. The molecule has 0 aromatic heterocycles. The molecular formula is C10H21NO3. The number of esters is 1. The lowest BCUT2D eigenvalue weighted by Gasteiger charge is -2.20. The number of hydrogen-bond acceptors (Lipinski definition) is 4. The molecule has 84 valence electrons. The molecule has 0 aromatic carbocycles. The predicted octanol–water partition coefficient (Wildman–Crippen LogP) is 0.676. The van der Waals surface area contributed by atoms with Crippen LogP contribution in [0.2, 0.25) is 0 Å². The monoisotopic (exact) mass is 203 g/mol. The van der Waals surface area contributed by atoms with E-state index in [2.05, 4.69) is 6.92 Å². The lowest BCUT2D eigenvalue weighted by Crippen LogP contribution is -2.44. The fourth-order valence-electron chi connectivity index (χ4n) is 1.03. The Bertz CT molecular complexity index is 180. The number of nitrogens with two attached hydrogens (primary N) is 1. The molecular weight excluding hydrogens is 182 g/mol. The topological polar surface area (TPSA) is 72.5 Å². The molecule has 0 radical (unpaired) electrons. The van der Waals surface area contributed by atoms with Gasteiger partial charge in [0.05, 0.1) is 6.61 Å². The smallest absolute Gasteiger partial charge is 0.339 e. The zero-order valence-corrected chi connectivity index (χ0v) is 9.25. The molecule has 0 heterocycles. The lowest BCUT2D eigenvalue weighted by atomic mass is 10.1. The van der Waals surface area contributed by atoms with E-state index in [0.29, 0.717) is 12.5 Å². The Morgan fingerprint density at radius 2 is 2.21 bits per heavy atom. The Labute approximate surface area is 85.4 Å². The summed E-state index contributed by atoms with van der Waals surface area (Å²) in [6.45, 7) is 5.68. The van der Waals surface area contributed by atoms with Crippen LogP contribution in [0.5, 0.6) is 0 Å². The minimum absolute atomic E-state index is 0.117. The van der Waals surface area contributed by atoms with Gasteiger partial charge in [0, 0.05) is 6.54 Å². The van der Waals surface area contributed by atoms with Crippen LogP contribution in [0.15, 0.2) is 0 Å². The number of hydrogen-bond donors (Lipinski definition) is 2. The molecule has 0 saturated carbocycles. The van der Waals surface area contributed by atoms with Crippen LogP contribution in [0.4, 0.5) is 0 Å². The highest BCUT2D eigenvalue weighted by Crippen LogP contribution is 2.09. The van der Waals surface area contributed by atoms with Gasteiger partial charge in [0.2, 0.25) is 0 Å². The summed E-state index contributed by atoms with van der Waals surface area (Å²) in [6, 6.07) is 0. The first kappa shape index (κ1) is 13.4. The van der Waals surface area contributed by atoms with Crippen molar-refractivity contribution in [3.63, 3.8) is 0 Å². The van der Waals surface area contributed by atoms with Gasteiger partial charge in [-0.25, -0.2) is 4.79 Å². The molecule has 14 heavy (non-hydrogen) atoms. The second-order valence-electron chi connectivity index (χ2n) is 3.97. The molecule has 0 aliphatic heterocycles. The molecule has 0 bridgehead atoms. The Balaban J connectivity index is 3.85. The van der Waals surface area contributed by atoms with Crippen LogP contribution in [0, 0.1) is 5.92 Å². The van der Waals surface area contributed by atoms with Gasteiger partial charge in [-0.3, -0.25) is 0 Å². The van der Waals surface area contributed by atoms with Crippen molar-refractivity contribution in [2.45, 2.75) is 39.2 Å². The van der Waals surface area contributed by atoms with E-state index in [1.165, 1.54) is 6.92 Å². The fraction of sp³-hybridized carbons (Fsp3) is 0.900. The molecule has 0 spiro atoms. The molecule has 2 atom stereocenters. The Morgan fingerprint density at radius 1 is 1.64 bits per heavy atom. The number of carbonyl (C=O) groups is 1. The summed E-state index contributed by atoms with van der Waals surface area (Å²) in [4.78, 5) is 11.3. The maximum atomic E-state index is 11.3. The summed E-state index contributed by atoms with van der Waals surface area (Å²) in [5.41, 5.74) is 3.67. The van der Waals surface area contributed by atoms with Gasteiger partial charge in [-0.05, 0) is 19.3 Å². The van der Waals surface area contributed by atoms with E-state index in [9.17, 15) is 9.90 Å². The van der Waals surface area contributed by atoms with Crippen LogP contribution in [-0.2, 0) is 9.53 Å². The molecule has 0 rings (SSSR count). The van der Waals surface area contributed by atoms with E-state index in [0.717, 1.165) is 12.8 Å². The number of rotatable bonds is 6. The fourth-order valence-corrected chi connectivity index (χ4v) is 1.03. The van der Waals surface area contributed by atoms with E-state index in [4.69, 9.17) is 10.5 Å². The van der Waals surface area contributed by atoms with Crippen LogP contribution in [0.25, 0.3) is 0 Å². The Morgan fingerprint density at radius 3 is 2.64 bits per heavy atom. The molecule has 4 nitrogen and oxygen atoms in total. The molecule has 4 heteroatoms. The highest BCUT2D eigenvalue weighted by Gasteiger charge is 2.30. The van der Waals surface area contributed by atoms with Gasteiger partial charge in [-0.1, -0.05) is 20.3 Å². The molecule has 0 aliphatic rings. The highest BCUT2D eigenvalue weighted by molar-refractivity contribution is 5.78. The SMILES string of the molecule is CCCC(C)COC(=O)C(C)(O)CN. The minimum Gasteiger partial charge on any atom is -0.463 e. The first-order chi connectivity index (χ1) is 6.44. The van der Waals surface area contributed by atoms with E-state index in [1.54, 1.807) is 0 Å². The lowest BCUT2D eigenvalue weighted by molar-refractivity contribution is -0.163. The minimum atomic E-state index is -1.55. The molecule has 0 saturated heterocycles. The number of aliphatic hydroxyl groups is 1. The number of ether oxygens (including phenoxy) is 1. The second-order valence-corrected chi connectivity index (χ2v) is 3.97. The third-order valence-corrected chi connectivity index (χ3v) is 2.12. The third-order valence-electron chi connectivity index (χ3n) is 2.12. The summed E-state index contributed by atoms with van der Waals surface area (Å²) in [6.07, 6.45) is 2.07. The zero-order valence-electron chi connectivity index (χ0n) is 9.25. The summed E-state index contributed by atoms with van der Waals surface area (Å²) < 4.78 is 4.94. The van der Waals surface area contributed by atoms with Crippen molar-refractivity contribution in [1.29, 1.82) is 0 Å². The van der Waals surface area contributed by atoms with Gasteiger partial charge in [0.25, 0.3) is 0 Å². The van der Waals surface area contributed by atoms with Gasteiger partial charge in [-0.2, -0.15) is 0 Å². The quantitative estimate of drug-likeness (QED) is 0.622. The van der Waals surface area contributed by atoms with Crippen LogP contribution in [0.1, 0.15) is 33.6 Å². The van der Waals surface area contributed by atoms with Crippen LogP contribution in [0.3, 0.4) is 0 Å². The third kappa shape index (κ3) is 4.58. The normalized spacial score (nSPS) is 17.2. The predicted molar refractivity (Wildman–Crippen MR) is 54.7 cm³/mol. The first-order valence-electron chi connectivity index (χ1n) is 5.03. The first-order valence-corrected chi connectivity index (χ1v) is 5.03. The van der Waals surface area contributed by atoms with Crippen LogP contribution in [-0.4, -0.2) is 29.8 Å². The van der Waals surface area contributed by atoms with Crippen molar-refractivity contribution >= 4 is 5.97 Å². The van der Waals surface area contributed by atoms with Crippen molar-refractivity contribution in [2.75, 3.05) is 13.2 Å². The van der Waals surface area contributed by atoms with E-state index < -0.39 is 11.6 Å². The van der Waals surface area contributed by atoms with Gasteiger partial charge in [0.1, 0.15) is 0 Å². The zero-order chi connectivity index (χ0) is 11.2. The average molecular weight is 203 g/mol. The van der Waals surface area contributed by atoms with Crippen molar-refractivity contribution in [1.82, 2.24) is 0 Å². The molecule has 0 aromatic rings. The van der Waals surface area contributed by atoms with E-state index >= 15 is 0 Å². The molecule has 0 aliphatic carbocycles. The maximum absolute atomic E-state index is 11.3. The van der Waals surface area contributed by atoms with Crippen molar-refractivity contribution < 1.29 is 14.6 Å². The summed E-state index contributed by atoms with van der Waals surface area (Å²) in [7, 11) is 0. The highest BCUT2D eigenvalue weighted by atomic mass is 16.5. The van der Waals surface area contributed by atoms with Gasteiger partial charge in [0.15, 0.2) is 5.60 Å². The summed E-state index contributed by atoms with van der Waals surface area (Å²) in [5.74, 6) is -0.305. The largest absolute Gasteiger partial charge is 0.463 e. The van der Waals surface area contributed by atoms with E-state index in [-0.39, 0.29) is 6.54 Å². The van der Waals surface area contributed by atoms with Gasteiger partial charge >= 0.3 is 5.97 Å². The van der Waals surface area contributed by atoms with Crippen LogP contribution >= 0.6 is 0 Å². The van der Waals surface area contributed by atoms with Gasteiger partial charge < -0.3 is 15.6 Å². The summed E-state index contributed by atoms with van der Waals surface area (Å²) >= 11 is 0. The summed E-state index contributed by atoms with van der Waals surface area (Å²) in [5, 5.41) is 9.43. The number of carbonyl (C=O) groups excluding carboxylic acids is 1. The maximum Gasteiger partial charge on any atom is 0.339 e. The van der Waals surface area contributed by atoms with Gasteiger partial charge in [-0.15, -0.1) is 0 Å². The van der Waals surface area contributed by atoms with E-state index in [1.807, 2.05) is 6.92 Å². The molecule has 0 fully saturated rings. The van der Waals surface area contributed by atoms with Crippen molar-refractivity contribution in [3.8, 4) is 0 Å². The second kappa shape index (κ2) is 5.98. The molecule has 3 N–H and O–H groups in total. The Hall–Kier alpha value is -0.610. The van der Waals surface area contributed by atoms with Crippen molar-refractivity contribution in [3.05, 3.63) is 0 Å². The van der Waals surface area contributed by atoms with Crippen molar-refractivity contribution in [2.24, 2.45) is 11.7 Å².